The van der Waals surface area contributed by atoms with Crippen LogP contribution in [0.25, 0.3) is 0 Å². The Morgan fingerprint density at radius 2 is 1.80 bits per heavy atom. The van der Waals surface area contributed by atoms with E-state index >= 15 is 0 Å². The number of primary amides is 1. The number of carbonyl (C=O) groups excluding carboxylic acids is 2. The van der Waals surface area contributed by atoms with Crippen molar-refractivity contribution >= 4 is 29.0 Å². The molecule has 0 spiro atoms. The molecule has 6 heteroatoms. The molecule has 2 amide bonds. The molecule has 0 aliphatic carbocycles. The van der Waals surface area contributed by atoms with Gasteiger partial charge in [-0.15, -0.1) is 0 Å². The van der Waals surface area contributed by atoms with Crippen molar-refractivity contribution in [3.63, 3.8) is 0 Å². The van der Waals surface area contributed by atoms with Crippen LogP contribution in [0.1, 0.15) is 31.7 Å². The van der Waals surface area contributed by atoms with E-state index in [-0.39, 0.29) is 17.3 Å². The van der Waals surface area contributed by atoms with Gasteiger partial charge in [-0.1, -0.05) is 42.5 Å². The van der Waals surface area contributed by atoms with E-state index < -0.39 is 17.4 Å². The molecule has 1 aromatic rings. The van der Waals surface area contributed by atoms with Gasteiger partial charge in [0.1, 0.15) is 5.92 Å². The van der Waals surface area contributed by atoms with Gasteiger partial charge in [0, 0.05) is 12.0 Å². The van der Waals surface area contributed by atoms with E-state index in [1.54, 1.807) is 26.0 Å². The van der Waals surface area contributed by atoms with Crippen LogP contribution >= 0.6 is 12.2 Å². The molecule has 5 N–H and O–H groups in total. The minimum absolute atomic E-state index is 0.0393. The average Bonchev–Trinajstić information content (AvgIpc) is 2.26. The number of benzene rings is 1. The molecule has 0 saturated carbocycles. The lowest BCUT2D eigenvalue weighted by atomic mass is 9.94. The number of amides is 2. The Morgan fingerprint density at radius 1 is 1.25 bits per heavy atom. The number of hydrogen-bond donors (Lipinski definition) is 3. The van der Waals surface area contributed by atoms with Crippen molar-refractivity contribution in [3.8, 4) is 0 Å². The number of carbonyl (C=O) groups is 2. The Kier molecular flexibility index (Phi) is 5.21. The molecular formula is C14H19N3O2S. The molecule has 0 bridgehead atoms. The van der Waals surface area contributed by atoms with Crippen molar-refractivity contribution in [1.82, 2.24) is 5.32 Å². The zero-order chi connectivity index (χ0) is 15.3. The van der Waals surface area contributed by atoms with E-state index in [0.717, 1.165) is 0 Å². The second kappa shape index (κ2) is 6.47. The summed E-state index contributed by atoms with van der Waals surface area (Å²) < 4.78 is 0. The lowest BCUT2D eigenvalue weighted by Gasteiger charge is -2.27. The summed E-state index contributed by atoms with van der Waals surface area (Å²) in [7, 11) is 0. The number of nitrogens with one attached hydrogen (secondary N) is 1. The summed E-state index contributed by atoms with van der Waals surface area (Å²) in [6.07, 6.45) is 0.0393. The summed E-state index contributed by atoms with van der Waals surface area (Å²) in [4.78, 5) is 23.4. The average molecular weight is 293 g/mol. The van der Waals surface area contributed by atoms with Gasteiger partial charge < -0.3 is 16.8 Å². The van der Waals surface area contributed by atoms with Gasteiger partial charge >= 0.3 is 0 Å². The first-order valence-corrected chi connectivity index (χ1v) is 6.58. The van der Waals surface area contributed by atoms with Crippen molar-refractivity contribution < 1.29 is 9.59 Å². The predicted molar refractivity (Wildman–Crippen MR) is 82.0 cm³/mol. The molecule has 1 atom stereocenters. The first kappa shape index (κ1) is 16.1. The van der Waals surface area contributed by atoms with Gasteiger partial charge in [-0.3, -0.25) is 9.59 Å². The molecule has 1 unspecified atom stereocenters. The van der Waals surface area contributed by atoms with Crippen molar-refractivity contribution in [3.05, 3.63) is 35.9 Å². The van der Waals surface area contributed by atoms with Gasteiger partial charge in [0.15, 0.2) is 0 Å². The first-order valence-electron chi connectivity index (χ1n) is 6.17. The highest BCUT2D eigenvalue weighted by molar-refractivity contribution is 7.80. The van der Waals surface area contributed by atoms with Crippen LogP contribution in [-0.2, 0) is 9.59 Å². The monoisotopic (exact) mass is 293 g/mol. The van der Waals surface area contributed by atoms with E-state index in [1.165, 1.54) is 0 Å². The van der Waals surface area contributed by atoms with Crippen LogP contribution < -0.4 is 16.8 Å². The van der Waals surface area contributed by atoms with Crippen LogP contribution in [0.15, 0.2) is 30.3 Å². The van der Waals surface area contributed by atoms with Crippen LogP contribution in [0.2, 0.25) is 0 Å². The second-order valence-corrected chi connectivity index (χ2v) is 5.73. The molecule has 1 aromatic carbocycles. The fraction of sp³-hybridized carbons (Fsp3) is 0.357. The molecule has 0 radical (unpaired) electrons. The normalized spacial score (nSPS) is 12.5. The third-order valence-corrected chi connectivity index (χ3v) is 2.99. The van der Waals surface area contributed by atoms with Crippen LogP contribution in [0.3, 0.4) is 0 Å². The highest BCUT2D eigenvalue weighted by Crippen LogP contribution is 2.18. The molecule has 0 heterocycles. The Morgan fingerprint density at radius 3 is 2.25 bits per heavy atom. The van der Waals surface area contributed by atoms with Crippen LogP contribution in [0.4, 0.5) is 0 Å². The van der Waals surface area contributed by atoms with Gasteiger partial charge in [-0.2, -0.15) is 0 Å². The largest absolute Gasteiger partial charge is 0.392 e. The Balaban J connectivity index is 2.92. The molecule has 20 heavy (non-hydrogen) atoms. The van der Waals surface area contributed by atoms with E-state index in [4.69, 9.17) is 23.7 Å². The second-order valence-electron chi connectivity index (χ2n) is 5.26. The first-order chi connectivity index (χ1) is 9.23. The summed E-state index contributed by atoms with van der Waals surface area (Å²) in [5.41, 5.74) is 10.8. The van der Waals surface area contributed by atoms with Crippen LogP contribution in [0, 0.1) is 0 Å². The zero-order valence-electron chi connectivity index (χ0n) is 11.6. The molecular weight excluding hydrogens is 274 g/mol. The summed E-state index contributed by atoms with van der Waals surface area (Å²) in [6, 6.07) is 9.02. The fourth-order valence-corrected chi connectivity index (χ4v) is 2.22. The standard InChI is InChI=1S/C14H19N3O2S/c1-14(2,8-10(15)18)17-13(19)11(12(16)20)9-6-4-3-5-7-9/h3-7,11H,8H2,1-2H3,(H2,15,18)(H2,16,20)(H,17,19). The fourth-order valence-electron chi connectivity index (χ4n) is 1.98. The molecule has 0 aliphatic heterocycles. The maximum absolute atomic E-state index is 12.4. The van der Waals surface area contributed by atoms with E-state index in [1.807, 2.05) is 18.2 Å². The van der Waals surface area contributed by atoms with Crippen LogP contribution in [-0.4, -0.2) is 22.3 Å². The molecule has 0 fully saturated rings. The van der Waals surface area contributed by atoms with Crippen molar-refractivity contribution in [2.24, 2.45) is 11.5 Å². The molecule has 0 aromatic heterocycles. The molecule has 5 nitrogen and oxygen atoms in total. The molecule has 0 aliphatic rings. The number of nitrogens with two attached hydrogens (primary N) is 2. The van der Waals surface area contributed by atoms with Gasteiger partial charge in [-0.05, 0) is 19.4 Å². The van der Waals surface area contributed by atoms with E-state index in [2.05, 4.69) is 5.32 Å². The SMILES string of the molecule is CC(C)(CC(N)=O)NC(=O)C(C(N)=S)c1ccccc1. The number of thiocarbonyl (C=S) groups is 1. The molecule has 108 valence electrons. The Bertz CT molecular complexity index is 514. The highest BCUT2D eigenvalue weighted by atomic mass is 32.1. The maximum atomic E-state index is 12.4. The predicted octanol–water partition coefficient (Wildman–Crippen LogP) is 0.827. The summed E-state index contributed by atoms with van der Waals surface area (Å²) >= 11 is 4.98. The summed E-state index contributed by atoms with van der Waals surface area (Å²) in [6.45, 7) is 3.44. The molecule has 1 rings (SSSR count). The number of hydrogen-bond acceptors (Lipinski definition) is 3. The highest BCUT2D eigenvalue weighted by Gasteiger charge is 2.29. The van der Waals surface area contributed by atoms with E-state index in [0.29, 0.717) is 5.56 Å². The van der Waals surface area contributed by atoms with Crippen molar-refractivity contribution in [1.29, 1.82) is 0 Å². The van der Waals surface area contributed by atoms with Crippen molar-refractivity contribution in [2.45, 2.75) is 31.7 Å². The quantitative estimate of drug-likeness (QED) is 0.676. The molecule has 0 saturated heterocycles. The topological polar surface area (TPSA) is 98.2 Å². The summed E-state index contributed by atoms with van der Waals surface area (Å²) in [5.74, 6) is -1.55. The smallest absolute Gasteiger partial charge is 0.234 e. The maximum Gasteiger partial charge on any atom is 0.234 e. The van der Waals surface area contributed by atoms with Gasteiger partial charge in [0.2, 0.25) is 11.8 Å². The lowest BCUT2D eigenvalue weighted by molar-refractivity contribution is -0.124. The Hall–Kier alpha value is -1.95. The Labute approximate surface area is 123 Å². The third kappa shape index (κ3) is 4.62. The summed E-state index contributed by atoms with van der Waals surface area (Å²) in [5, 5.41) is 2.76. The lowest BCUT2D eigenvalue weighted by Crippen LogP contribution is -2.49. The van der Waals surface area contributed by atoms with Crippen molar-refractivity contribution in [2.75, 3.05) is 0 Å². The van der Waals surface area contributed by atoms with Crippen LogP contribution in [0.5, 0.6) is 0 Å². The van der Waals surface area contributed by atoms with Gasteiger partial charge in [0.05, 0.1) is 4.99 Å². The zero-order valence-corrected chi connectivity index (χ0v) is 12.4. The minimum Gasteiger partial charge on any atom is -0.392 e. The van der Waals surface area contributed by atoms with E-state index in [9.17, 15) is 9.59 Å². The van der Waals surface area contributed by atoms with Gasteiger partial charge in [-0.25, -0.2) is 0 Å². The number of rotatable bonds is 6. The minimum atomic E-state index is -0.749. The third-order valence-electron chi connectivity index (χ3n) is 2.76. The van der Waals surface area contributed by atoms with Gasteiger partial charge in [0.25, 0.3) is 0 Å².